The summed E-state index contributed by atoms with van der Waals surface area (Å²) in [7, 11) is 0. The molecule has 0 spiro atoms. The molecule has 2 aliphatic heterocycles. The minimum absolute atomic E-state index is 0.0660. The lowest BCUT2D eigenvalue weighted by molar-refractivity contribution is -0.140. The number of carbonyl (C=O) groups is 2. The Kier molecular flexibility index (Phi) is 2.74. The van der Waals surface area contributed by atoms with Crippen LogP contribution in [0.4, 0.5) is 0 Å². The van der Waals surface area contributed by atoms with Crippen LogP contribution in [0.15, 0.2) is 12.2 Å². The van der Waals surface area contributed by atoms with Crippen molar-refractivity contribution in [2.45, 2.75) is 19.3 Å². The lowest BCUT2D eigenvalue weighted by Gasteiger charge is -2.18. The van der Waals surface area contributed by atoms with Crippen LogP contribution in [0.1, 0.15) is 19.3 Å². The molecule has 2 fully saturated rings. The van der Waals surface area contributed by atoms with E-state index in [0.717, 1.165) is 32.4 Å². The second-order valence-electron chi connectivity index (χ2n) is 5.30. The molecule has 1 unspecified atom stereocenters. The summed E-state index contributed by atoms with van der Waals surface area (Å²) in [4.78, 5) is 25.9. The Morgan fingerprint density at radius 2 is 1.82 bits per heavy atom. The Hall–Kier alpha value is -1.16. The normalized spacial score (nSPS) is 36.7. The summed E-state index contributed by atoms with van der Waals surface area (Å²) in [6, 6.07) is 0. The molecule has 0 aromatic rings. The van der Waals surface area contributed by atoms with Crippen LogP contribution in [-0.2, 0) is 9.59 Å². The number of hydrogen-bond acceptors (Lipinski definition) is 3. The maximum atomic E-state index is 12.2. The van der Waals surface area contributed by atoms with Crippen LogP contribution in [0.3, 0.4) is 0 Å². The monoisotopic (exact) mass is 234 g/mol. The van der Waals surface area contributed by atoms with Gasteiger partial charge in [-0.05, 0) is 38.3 Å². The number of hydrogen-bond donors (Lipinski definition) is 1. The van der Waals surface area contributed by atoms with Crippen molar-refractivity contribution in [2.24, 2.45) is 17.8 Å². The Labute approximate surface area is 101 Å². The van der Waals surface area contributed by atoms with E-state index in [9.17, 15) is 9.59 Å². The Morgan fingerprint density at radius 1 is 1.18 bits per heavy atom. The Bertz CT molecular complexity index is 346. The SMILES string of the molecule is O=C1[C@H]2CC=CC[C@H]2C(=O)N1CC1CCNC1. The maximum absolute atomic E-state index is 12.2. The molecule has 0 aromatic carbocycles. The van der Waals surface area contributed by atoms with Gasteiger partial charge in [-0.2, -0.15) is 0 Å². The highest BCUT2D eigenvalue weighted by Crippen LogP contribution is 2.35. The van der Waals surface area contributed by atoms with E-state index in [0.29, 0.717) is 12.5 Å². The first-order valence-electron chi connectivity index (χ1n) is 6.48. The third kappa shape index (κ3) is 1.80. The molecule has 2 amide bonds. The largest absolute Gasteiger partial charge is 0.316 e. The van der Waals surface area contributed by atoms with Crippen molar-refractivity contribution in [1.82, 2.24) is 10.2 Å². The van der Waals surface area contributed by atoms with E-state index in [1.807, 2.05) is 12.2 Å². The quantitative estimate of drug-likeness (QED) is 0.560. The number of allylic oxidation sites excluding steroid dienone is 2. The number of nitrogens with zero attached hydrogens (tertiary/aromatic N) is 1. The van der Waals surface area contributed by atoms with Gasteiger partial charge in [0.15, 0.2) is 0 Å². The molecule has 0 bridgehead atoms. The highest BCUT2D eigenvalue weighted by molar-refractivity contribution is 6.05. The van der Waals surface area contributed by atoms with Crippen molar-refractivity contribution in [2.75, 3.05) is 19.6 Å². The highest BCUT2D eigenvalue weighted by atomic mass is 16.2. The predicted octanol–water partition coefficient (Wildman–Crippen LogP) is 0.547. The third-order valence-corrected chi connectivity index (χ3v) is 4.20. The minimum atomic E-state index is -0.0677. The lowest BCUT2D eigenvalue weighted by Crippen LogP contribution is -2.36. The van der Waals surface area contributed by atoms with E-state index in [1.165, 1.54) is 4.90 Å². The molecule has 92 valence electrons. The number of carbonyl (C=O) groups excluding carboxylic acids is 2. The summed E-state index contributed by atoms with van der Waals surface area (Å²) in [5.41, 5.74) is 0. The van der Waals surface area contributed by atoms with Crippen LogP contribution >= 0.6 is 0 Å². The van der Waals surface area contributed by atoms with Crippen molar-refractivity contribution in [3.8, 4) is 0 Å². The van der Waals surface area contributed by atoms with Gasteiger partial charge in [-0.15, -0.1) is 0 Å². The van der Waals surface area contributed by atoms with Gasteiger partial charge in [0.2, 0.25) is 11.8 Å². The maximum Gasteiger partial charge on any atom is 0.233 e. The van der Waals surface area contributed by atoms with Gasteiger partial charge < -0.3 is 5.32 Å². The van der Waals surface area contributed by atoms with Gasteiger partial charge in [0.25, 0.3) is 0 Å². The van der Waals surface area contributed by atoms with E-state index >= 15 is 0 Å². The fourth-order valence-corrected chi connectivity index (χ4v) is 3.18. The zero-order valence-electron chi connectivity index (χ0n) is 9.89. The molecule has 3 atom stereocenters. The second-order valence-corrected chi connectivity index (χ2v) is 5.30. The standard InChI is InChI=1S/C13H18N2O2/c16-12-10-3-1-2-4-11(10)13(17)15(12)8-9-5-6-14-7-9/h1-2,9-11,14H,3-8H2/t9?,10-,11+. The summed E-state index contributed by atoms with van der Waals surface area (Å²) < 4.78 is 0. The molecule has 1 N–H and O–H groups in total. The molecule has 4 nitrogen and oxygen atoms in total. The first-order chi connectivity index (χ1) is 8.27. The van der Waals surface area contributed by atoms with Gasteiger partial charge in [-0.25, -0.2) is 0 Å². The Morgan fingerprint density at radius 3 is 2.35 bits per heavy atom. The molecule has 0 saturated carbocycles. The molecule has 3 rings (SSSR count). The van der Waals surface area contributed by atoms with Crippen LogP contribution in [0.25, 0.3) is 0 Å². The molecule has 0 aromatic heterocycles. The number of nitrogens with one attached hydrogen (secondary N) is 1. The summed E-state index contributed by atoms with van der Waals surface area (Å²) in [5, 5.41) is 3.28. The summed E-state index contributed by atoms with van der Waals surface area (Å²) in [5.74, 6) is 0.451. The summed E-state index contributed by atoms with van der Waals surface area (Å²) >= 11 is 0. The second kappa shape index (κ2) is 4.26. The number of likely N-dealkylation sites (tertiary alicyclic amines) is 1. The molecular formula is C13H18N2O2. The molecule has 3 aliphatic rings. The van der Waals surface area contributed by atoms with E-state index in [4.69, 9.17) is 0 Å². The van der Waals surface area contributed by atoms with Gasteiger partial charge in [0, 0.05) is 6.54 Å². The minimum Gasteiger partial charge on any atom is -0.316 e. The molecule has 0 radical (unpaired) electrons. The van der Waals surface area contributed by atoms with E-state index in [-0.39, 0.29) is 23.7 Å². The average molecular weight is 234 g/mol. The van der Waals surface area contributed by atoms with Gasteiger partial charge in [-0.3, -0.25) is 14.5 Å². The summed E-state index contributed by atoms with van der Waals surface area (Å²) in [6.07, 6.45) is 6.63. The van der Waals surface area contributed by atoms with E-state index < -0.39 is 0 Å². The zero-order valence-corrected chi connectivity index (χ0v) is 9.89. The van der Waals surface area contributed by atoms with Gasteiger partial charge in [0.1, 0.15) is 0 Å². The first-order valence-corrected chi connectivity index (χ1v) is 6.48. The van der Waals surface area contributed by atoms with Crippen molar-refractivity contribution in [1.29, 1.82) is 0 Å². The van der Waals surface area contributed by atoms with E-state index in [1.54, 1.807) is 0 Å². The van der Waals surface area contributed by atoms with Gasteiger partial charge >= 0.3 is 0 Å². The number of rotatable bonds is 2. The molecule has 2 heterocycles. The molecule has 1 aliphatic carbocycles. The van der Waals surface area contributed by atoms with Gasteiger partial charge in [-0.1, -0.05) is 12.2 Å². The number of amides is 2. The fourth-order valence-electron chi connectivity index (χ4n) is 3.18. The molecule has 2 saturated heterocycles. The predicted molar refractivity (Wildman–Crippen MR) is 63.1 cm³/mol. The smallest absolute Gasteiger partial charge is 0.233 e. The molecule has 4 heteroatoms. The van der Waals surface area contributed by atoms with Crippen molar-refractivity contribution in [3.05, 3.63) is 12.2 Å². The zero-order chi connectivity index (χ0) is 11.8. The van der Waals surface area contributed by atoms with Crippen LogP contribution < -0.4 is 5.32 Å². The van der Waals surface area contributed by atoms with Crippen LogP contribution in [-0.4, -0.2) is 36.3 Å². The molecule has 17 heavy (non-hydrogen) atoms. The fraction of sp³-hybridized carbons (Fsp3) is 0.692. The van der Waals surface area contributed by atoms with Gasteiger partial charge in [0.05, 0.1) is 11.8 Å². The van der Waals surface area contributed by atoms with Crippen molar-refractivity contribution in [3.63, 3.8) is 0 Å². The first kappa shape index (κ1) is 11.0. The number of fused-ring (bicyclic) bond motifs is 1. The third-order valence-electron chi connectivity index (χ3n) is 4.20. The topological polar surface area (TPSA) is 49.4 Å². The van der Waals surface area contributed by atoms with Crippen LogP contribution in [0, 0.1) is 17.8 Å². The number of imide groups is 1. The lowest BCUT2D eigenvalue weighted by atomic mass is 9.85. The molecular weight excluding hydrogens is 216 g/mol. The highest BCUT2D eigenvalue weighted by Gasteiger charge is 2.47. The van der Waals surface area contributed by atoms with Crippen molar-refractivity contribution < 1.29 is 9.59 Å². The van der Waals surface area contributed by atoms with E-state index in [2.05, 4.69) is 5.32 Å². The Balaban J connectivity index is 1.73. The van der Waals surface area contributed by atoms with Crippen LogP contribution in [0.2, 0.25) is 0 Å². The van der Waals surface area contributed by atoms with Crippen LogP contribution in [0.5, 0.6) is 0 Å². The average Bonchev–Trinajstić information content (AvgIpc) is 2.94. The van der Waals surface area contributed by atoms with Crippen molar-refractivity contribution >= 4 is 11.8 Å². The summed E-state index contributed by atoms with van der Waals surface area (Å²) in [6.45, 7) is 2.57.